The first kappa shape index (κ1) is 20.8. The van der Waals surface area contributed by atoms with Crippen molar-refractivity contribution < 1.29 is 4.74 Å². The van der Waals surface area contributed by atoms with Gasteiger partial charge in [0.2, 0.25) is 0 Å². The number of hydrogen-bond donors (Lipinski definition) is 2. The Labute approximate surface area is 163 Å². The lowest BCUT2D eigenvalue weighted by Gasteiger charge is -2.14. The second kappa shape index (κ2) is 11.3. The molecule has 6 heteroatoms. The first-order valence-electron chi connectivity index (χ1n) is 9.69. The minimum atomic E-state index is 0.598. The number of imidazole rings is 1. The molecular weight excluding hydrogens is 338 g/mol. The van der Waals surface area contributed by atoms with Gasteiger partial charge in [-0.15, -0.1) is 0 Å². The Morgan fingerprint density at radius 1 is 1.19 bits per heavy atom. The average Bonchev–Trinajstić information content (AvgIpc) is 3.10. The number of hydrogen-bond acceptors (Lipinski definition) is 3. The van der Waals surface area contributed by atoms with E-state index in [0.29, 0.717) is 12.5 Å². The van der Waals surface area contributed by atoms with E-state index in [1.807, 2.05) is 24.5 Å². The third kappa shape index (κ3) is 7.33. The molecule has 1 aromatic heterocycles. The lowest BCUT2D eigenvalue weighted by Crippen LogP contribution is -2.38. The molecule has 0 aliphatic heterocycles. The maximum Gasteiger partial charge on any atom is 0.191 e. The number of aryl methyl sites for hydroxylation is 1. The highest BCUT2D eigenvalue weighted by atomic mass is 16.5. The normalized spacial score (nSPS) is 11.7. The second-order valence-electron chi connectivity index (χ2n) is 7.05. The zero-order valence-corrected chi connectivity index (χ0v) is 17.0. The standard InChI is InChI=1S/C21H33N5O/c1-17(2)16-26-14-13-23-20(26)15-25-21(22-3)24-12-6-5-7-18-8-10-19(27-4)11-9-18/h8-11,13-14,17H,5-7,12,15-16H2,1-4H3,(H2,22,24,25). The molecule has 0 aliphatic carbocycles. The van der Waals surface area contributed by atoms with Crippen LogP contribution in [0.4, 0.5) is 0 Å². The molecule has 0 aliphatic rings. The van der Waals surface area contributed by atoms with E-state index in [1.54, 1.807) is 14.2 Å². The van der Waals surface area contributed by atoms with Gasteiger partial charge < -0.3 is 19.9 Å². The van der Waals surface area contributed by atoms with Crippen LogP contribution in [0.15, 0.2) is 41.7 Å². The summed E-state index contributed by atoms with van der Waals surface area (Å²) in [7, 11) is 3.49. The lowest BCUT2D eigenvalue weighted by atomic mass is 10.1. The second-order valence-corrected chi connectivity index (χ2v) is 7.05. The molecule has 27 heavy (non-hydrogen) atoms. The van der Waals surface area contributed by atoms with Gasteiger partial charge in [-0.2, -0.15) is 0 Å². The average molecular weight is 372 g/mol. The third-order valence-corrected chi connectivity index (χ3v) is 4.34. The van der Waals surface area contributed by atoms with Crippen LogP contribution in [0.25, 0.3) is 0 Å². The van der Waals surface area contributed by atoms with E-state index in [2.05, 4.69) is 51.2 Å². The number of ether oxygens (including phenoxy) is 1. The Kier molecular flexibility index (Phi) is 8.68. The topological polar surface area (TPSA) is 63.5 Å². The van der Waals surface area contributed by atoms with E-state index in [4.69, 9.17) is 4.74 Å². The number of unbranched alkanes of at least 4 members (excludes halogenated alkanes) is 1. The monoisotopic (exact) mass is 371 g/mol. The van der Waals surface area contributed by atoms with Crippen LogP contribution in [0.3, 0.4) is 0 Å². The number of aromatic nitrogens is 2. The van der Waals surface area contributed by atoms with Crippen molar-refractivity contribution in [1.29, 1.82) is 0 Å². The van der Waals surface area contributed by atoms with Gasteiger partial charge >= 0.3 is 0 Å². The van der Waals surface area contributed by atoms with E-state index in [0.717, 1.165) is 49.9 Å². The van der Waals surface area contributed by atoms with Gasteiger partial charge in [0.05, 0.1) is 13.7 Å². The molecular formula is C21H33N5O. The molecule has 0 saturated carbocycles. The van der Waals surface area contributed by atoms with Gasteiger partial charge in [0.25, 0.3) is 0 Å². The van der Waals surface area contributed by atoms with Crippen molar-refractivity contribution in [3.8, 4) is 5.75 Å². The Morgan fingerprint density at radius 2 is 1.96 bits per heavy atom. The number of benzene rings is 1. The van der Waals surface area contributed by atoms with Crippen molar-refractivity contribution in [2.45, 2.75) is 46.2 Å². The summed E-state index contributed by atoms with van der Waals surface area (Å²) in [6, 6.07) is 8.29. The van der Waals surface area contributed by atoms with E-state index in [1.165, 1.54) is 5.56 Å². The van der Waals surface area contributed by atoms with Crippen molar-refractivity contribution >= 4 is 5.96 Å². The van der Waals surface area contributed by atoms with Crippen LogP contribution < -0.4 is 15.4 Å². The minimum absolute atomic E-state index is 0.598. The number of aliphatic imine (C=N–C) groups is 1. The van der Waals surface area contributed by atoms with Crippen LogP contribution in [0.5, 0.6) is 5.75 Å². The fourth-order valence-corrected chi connectivity index (χ4v) is 2.90. The summed E-state index contributed by atoms with van der Waals surface area (Å²) in [4.78, 5) is 8.74. The summed E-state index contributed by atoms with van der Waals surface area (Å²) in [5, 5.41) is 6.73. The van der Waals surface area contributed by atoms with Gasteiger partial charge in [0.1, 0.15) is 11.6 Å². The van der Waals surface area contributed by atoms with E-state index < -0.39 is 0 Å². The number of methoxy groups -OCH3 is 1. The van der Waals surface area contributed by atoms with Crippen LogP contribution in [0.1, 0.15) is 38.1 Å². The first-order chi connectivity index (χ1) is 13.1. The Balaban J connectivity index is 1.66. The summed E-state index contributed by atoms with van der Waals surface area (Å²) < 4.78 is 7.38. The van der Waals surface area contributed by atoms with Gasteiger partial charge in [-0.1, -0.05) is 26.0 Å². The molecule has 0 spiro atoms. The predicted molar refractivity (Wildman–Crippen MR) is 111 cm³/mol. The smallest absolute Gasteiger partial charge is 0.191 e. The van der Waals surface area contributed by atoms with Crippen molar-refractivity contribution in [2.75, 3.05) is 20.7 Å². The minimum Gasteiger partial charge on any atom is -0.497 e. The van der Waals surface area contributed by atoms with Crippen LogP contribution in [-0.2, 0) is 19.5 Å². The molecule has 0 atom stereocenters. The molecule has 0 amide bonds. The Morgan fingerprint density at radius 3 is 2.63 bits per heavy atom. The van der Waals surface area contributed by atoms with Gasteiger partial charge in [-0.3, -0.25) is 4.99 Å². The van der Waals surface area contributed by atoms with Gasteiger partial charge in [0, 0.05) is 32.5 Å². The van der Waals surface area contributed by atoms with Gasteiger partial charge in [0.15, 0.2) is 5.96 Å². The van der Waals surface area contributed by atoms with E-state index in [-0.39, 0.29) is 0 Å². The summed E-state index contributed by atoms with van der Waals surface area (Å²) in [5.41, 5.74) is 1.34. The zero-order valence-electron chi connectivity index (χ0n) is 17.0. The molecule has 0 radical (unpaired) electrons. The SMILES string of the molecule is CN=C(NCCCCc1ccc(OC)cc1)NCc1nccn1CC(C)C. The molecule has 2 aromatic rings. The van der Waals surface area contributed by atoms with Crippen LogP contribution in [-0.4, -0.2) is 36.2 Å². The molecule has 1 aromatic carbocycles. The predicted octanol–water partition coefficient (Wildman–Crippen LogP) is 3.24. The Hall–Kier alpha value is -2.50. The molecule has 6 nitrogen and oxygen atoms in total. The summed E-state index contributed by atoms with van der Waals surface area (Å²) in [6.07, 6.45) is 7.19. The maximum atomic E-state index is 5.19. The molecule has 148 valence electrons. The number of nitrogens with zero attached hydrogens (tertiary/aromatic N) is 3. The molecule has 0 bridgehead atoms. The molecule has 0 unspecified atom stereocenters. The van der Waals surface area contributed by atoms with Crippen LogP contribution in [0.2, 0.25) is 0 Å². The van der Waals surface area contributed by atoms with Crippen molar-refractivity contribution in [3.63, 3.8) is 0 Å². The number of rotatable bonds is 10. The quantitative estimate of drug-likeness (QED) is 0.382. The van der Waals surface area contributed by atoms with Gasteiger partial charge in [-0.05, 0) is 42.9 Å². The highest BCUT2D eigenvalue weighted by Crippen LogP contribution is 2.13. The Bertz CT molecular complexity index is 691. The summed E-state index contributed by atoms with van der Waals surface area (Å²) >= 11 is 0. The lowest BCUT2D eigenvalue weighted by molar-refractivity contribution is 0.414. The highest BCUT2D eigenvalue weighted by Gasteiger charge is 2.05. The zero-order chi connectivity index (χ0) is 19.5. The van der Waals surface area contributed by atoms with E-state index in [9.17, 15) is 0 Å². The molecule has 0 fully saturated rings. The summed E-state index contributed by atoms with van der Waals surface area (Å²) in [5.74, 6) is 3.36. The van der Waals surface area contributed by atoms with Crippen molar-refractivity contribution in [3.05, 3.63) is 48.0 Å². The van der Waals surface area contributed by atoms with Crippen LogP contribution >= 0.6 is 0 Å². The third-order valence-electron chi connectivity index (χ3n) is 4.34. The van der Waals surface area contributed by atoms with Crippen molar-refractivity contribution in [2.24, 2.45) is 10.9 Å². The molecule has 2 N–H and O–H groups in total. The fourth-order valence-electron chi connectivity index (χ4n) is 2.90. The molecule has 2 rings (SSSR count). The highest BCUT2D eigenvalue weighted by molar-refractivity contribution is 5.79. The first-order valence-corrected chi connectivity index (χ1v) is 9.69. The van der Waals surface area contributed by atoms with Crippen LogP contribution in [0, 0.1) is 5.92 Å². The van der Waals surface area contributed by atoms with E-state index >= 15 is 0 Å². The number of nitrogens with one attached hydrogen (secondary N) is 2. The summed E-state index contributed by atoms with van der Waals surface area (Å²) in [6.45, 7) is 6.98. The largest absolute Gasteiger partial charge is 0.497 e. The number of guanidine groups is 1. The van der Waals surface area contributed by atoms with Crippen molar-refractivity contribution in [1.82, 2.24) is 20.2 Å². The molecule has 0 saturated heterocycles. The van der Waals surface area contributed by atoms with Gasteiger partial charge in [-0.25, -0.2) is 4.98 Å². The maximum absolute atomic E-state index is 5.19. The fraction of sp³-hybridized carbons (Fsp3) is 0.524. The molecule has 1 heterocycles.